The molecule has 3 heterocycles. The van der Waals surface area contributed by atoms with Crippen LogP contribution in [0.5, 0.6) is 0 Å². The summed E-state index contributed by atoms with van der Waals surface area (Å²) < 4.78 is 1.17. The van der Waals surface area contributed by atoms with Crippen LogP contribution in [0.2, 0.25) is 0 Å². The molecule has 3 aromatic heterocycles. The Morgan fingerprint density at radius 3 is 2.15 bits per heavy atom. The maximum absolute atomic E-state index is 10.6. The first-order chi connectivity index (χ1) is 19.2. The molecule has 0 unspecified atom stereocenters. The molecule has 0 atom stereocenters. The smallest absolute Gasteiger partial charge is 0.355 e. The fourth-order valence-electron chi connectivity index (χ4n) is 3.23. The quantitative estimate of drug-likeness (QED) is 0.172. The van der Waals surface area contributed by atoms with Gasteiger partial charge in [-0.15, -0.1) is 22.7 Å². The number of benzene rings is 2. The highest BCUT2D eigenvalue weighted by Gasteiger charge is 2.09. The van der Waals surface area contributed by atoms with Crippen molar-refractivity contribution in [2.75, 3.05) is 5.73 Å². The van der Waals surface area contributed by atoms with Crippen molar-refractivity contribution in [3.63, 3.8) is 0 Å². The predicted molar refractivity (Wildman–Crippen MR) is 155 cm³/mol. The molecule has 5 rings (SSSR count). The van der Waals surface area contributed by atoms with Crippen LogP contribution < -0.4 is 5.73 Å². The van der Waals surface area contributed by atoms with E-state index in [0.717, 1.165) is 28.1 Å². The summed E-state index contributed by atoms with van der Waals surface area (Å²) in [5, 5.41) is 28.8. The fraction of sp³-hybridized carbons (Fsp3) is 0.143. The number of aromatic nitrogens is 3. The van der Waals surface area contributed by atoms with Crippen molar-refractivity contribution in [3.8, 4) is 10.6 Å². The summed E-state index contributed by atoms with van der Waals surface area (Å²) in [4.78, 5) is 43.4. The number of carboxylic acid groups (broad SMARTS) is 3. The van der Waals surface area contributed by atoms with Crippen LogP contribution >= 0.6 is 22.7 Å². The zero-order valence-electron chi connectivity index (χ0n) is 21.1. The molecule has 0 bridgehead atoms. The highest BCUT2D eigenvalue weighted by atomic mass is 32.1. The number of nitrogens with two attached hydrogens (primary N) is 1. The molecule has 0 saturated heterocycles. The third kappa shape index (κ3) is 9.89. The first-order valence-electron chi connectivity index (χ1n) is 11.9. The minimum absolute atomic E-state index is 0.0558. The van der Waals surface area contributed by atoms with E-state index in [2.05, 4.69) is 15.0 Å². The average molecular weight is 579 g/mol. The SMILES string of the molecule is Nc1ccc(CC(=O)O)cc1.O=C(O)CCCc1nc2ccccc2s1.O=C(O)c1csc(-c2ccncc2)n1. The Bertz CT molecular complexity index is 1520. The van der Waals surface area contributed by atoms with Gasteiger partial charge in [-0.25, -0.2) is 14.8 Å². The summed E-state index contributed by atoms with van der Waals surface area (Å²) in [6.45, 7) is 0. The van der Waals surface area contributed by atoms with Crippen LogP contribution in [0.1, 0.15) is 33.9 Å². The van der Waals surface area contributed by atoms with Gasteiger partial charge in [-0.05, 0) is 54.8 Å². The molecule has 0 aliphatic heterocycles. The molecule has 206 valence electrons. The summed E-state index contributed by atoms with van der Waals surface area (Å²) in [7, 11) is 0. The number of pyridine rings is 1. The summed E-state index contributed by atoms with van der Waals surface area (Å²) >= 11 is 2.96. The number of aromatic carboxylic acids is 1. The molecule has 0 fully saturated rings. The Labute approximate surface area is 237 Å². The number of rotatable bonds is 8. The topological polar surface area (TPSA) is 177 Å². The summed E-state index contributed by atoms with van der Waals surface area (Å²) in [6.07, 6.45) is 4.99. The van der Waals surface area contributed by atoms with Gasteiger partial charge >= 0.3 is 17.9 Å². The van der Waals surface area contributed by atoms with Gasteiger partial charge in [-0.2, -0.15) is 0 Å². The van der Waals surface area contributed by atoms with E-state index < -0.39 is 17.9 Å². The van der Waals surface area contributed by atoms with Gasteiger partial charge in [0.1, 0.15) is 5.01 Å². The van der Waals surface area contributed by atoms with Crippen LogP contribution in [-0.2, 0) is 22.4 Å². The number of anilines is 1. The minimum atomic E-state index is -0.999. The van der Waals surface area contributed by atoms with Gasteiger partial charge in [0.15, 0.2) is 5.69 Å². The van der Waals surface area contributed by atoms with E-state index in [1.54, 1.807) is 60.1 Å². The maximum atomic E-state index is 10.6. The number of hydrogen-bond acceptors (Lipinski definition) is 9. The lowest BCUT2D eigenvalue weighted by Crippen LogP contribution is -1.99. The second-order valence-corrected chi connectivity index (χ2v) is 10.2. The van der Waals surface area contributed by atoms with Crippen LogP contribution in [0.15, 0.2) is 78.4 Å². The van der Waals surface area contributed by atoms with Crippen molar-refractivity contribution in [1.29, 1.82) is 0 Å². The molecule has 10 nitrogen and oxygen atoms in total. The van der Waals surface area contributed by atoms with Crippen LogP contribution in [0, 0.1) is 0 Å². The van der Waals surface area contributed by atoms with Gasteiger partial charge in [0.05, 0.1) is 21.6 Å². The molecular weight excluding hydrogens is 552 g/mol. The lowest BCUT2D eigenvalue weighted by Gasteiger charge is -1.96. The number of aliphatic carboxylic acids is 2. The molecule has 0 aliphatic rings. The van der Waals surface area contributed by atoms with Crippen LogP contribution in [0.4, 0.5) is 5.69 Å². The summed E-state index contributed by atoms with van der Waals surface area (Å²) in [5.74, 6) is -2.56. The third-order valence-corrected chi connectivity index (χ3v) is 7.09. The lowest BCUT2D eigenvalue weighted by atomic mass is 10.1. The van der Waals surface area contributed by atoms with Crippen molar-refractivity contribution < 1.29 is 29.7 Å². The van der Waals surface area contributed by atoms with Crippen molar-refractivity contribution in [3.05, 3.63) is 94.7 Å². The molecular formula is C28H26N4O6S2. The van der Waals surface area contributed by atoms with Gasteiger partial charge in [0.2, 0.25) is 0 Å². The van der Waals surface area contributed by atoms with Crippen molar-refractivity contribution in [1.82, 2.24) is 15.0 Å². The number of fused-ring (bicyclic) bond motifs is 1. The predicted octanol–water partition coefficient (Wildman–Crippen LogP) is 5.50. The molecule has 12 heteroatoms. The van der Waals surface area contributed by atoms with Gasteiger partial charge in [0, 0.05) is 35.4 Å². The molecule has 2 aromatic carbocycles. The number of nitrogens with zero attached hydrogens (tertiary/aromatic N) is 3. The average Bonchev–Trinajstić information content (AvgIpc) is 3.59. The van der Waals surface area contributed by atoms with E-state index in [1.165, 1.54) is 21.4 Å². The molecule has 0 saturated carbocycles. The van der Waals surface area contributed by atoms with Gasteiger partial charge in [0.25, 0.3) is 0 Å². The molecule has 0 radical (unpaired) electrons. The van der Waals surface area contributed by atoms with Crippen LogP contribution in [0.3, 0.4) is 0 Å². The van der Waals surface area contributed by atoms with Crippen LogP contribution in [0.25, 0.3) is 20.8 Å². The van der Waals surface area contributed by atoms with E-state index >= 15 is 0 Å². The Balaban J connectivity index is 0.000000168. The van der Waals surface area contributed by atoms with Gasteiger partial charge in [-0.3, -0.25) is 14.6 Å². The molecule has 40 heavy (non-hydrogen) atoms. The molecule has 0 spiro atoms. The van der Waals surface area contributed by atoms with E-state index in [0.29, 0.717) is 17.1 Å². The Kier molecular flexibility index (Phi) is 11.2. The number of thiazole rings is 2. The number of para-hydroxylation sites is 1. The van der Waals surface area contributed by atoms with E-state index in [-0.39, 0.29) is 18.5 Å². The summed E-state index contributed by atoms with van der Waals surface area (Å²) in [5.41, 5.74) is 8.81. The molecule has 0 aliphatic carbocycles. The minimum Gasteiger partial charge on any atom is -0.481 e. The molecule has 5 aromatic rings. The molecule has 5 N–H and O–H groups in total. The lowest BCUT2D eigenvalue weighted by molar-refractivity contribution is -0.137. The number of aryl methyl sites for hydroxylation is 1. The zero-order valence-corrected chi connectivity index (χ0v) is 22.8. The highest BCUT2D eigenvalue weighted by Crippen LogP contribution is 2.23. The second-order valence-electron chi connectivity index (χ2n) is 8.21. The number of nitrogen functional groups attached to an aromatic ring is 1. The Hall–Kier alpha value is -4.68. The largest absolute Gasteiger partial charge is 0.481 e. The first kappa shape index (κ1) is 29.9. The third-order valence-electron chi connectivity index (χ3n) is 5.11. The zero-order chi connectivity index (χ0) is 28.9. The van der Waals surface area contributed by atoms with Crippen LogP contribution in [-0.4, -0.2) is 48.2 Å². The Morgan fingerprint density at radius 1 is 0.850 bits per heavy atom. The monoisotopic (exact) mass is 578 g/mol. The maximum Gasteiger partial charge on any atom is 0.355 e. The molecule has 0 amide bonds. The van der Waals surface area contributed by atoms with Crippen molar-refractivity contribution in [2.24, 2.45) is 0 Å². The number of carboxylic acids is 3. The van der Waals surface area contributed by atoms with Gasteiger partial charge in [-0.1, -0.05) is 24.3 Å². The van der Waals surface area contributed by atoms with Crippen molar-refractivity contribution in [2.45, 2.75) is 25.7 Å². The first-order valence-corrected chi connectivity index (χ1v) is 13.6. The van der Waals surface area contributed by atoms with E-state index in [4.69, 9.17) is 21.1 Å². The summed E-state index contributed by atoms with van der Waals surface area (Å²) in [6, 6.07) is 18.4. The number of hydrogen-bond donors (Lipinski definition) is 4. The normalized spacial score (nSPS) is 10.1. The second kappa shape index (κ2) is 15.0. The van der Waals surface area contributed by atoms with Crippen molar-refractivity contribution >= 4 is 56.5 Å². The Morgan fingerprint density at radius 2 is 1.55 bits per heavy atom. The fourth-order valence-corrected chi connectivity index (χ4v) is 5.04. The highest BCUT2D eigenvalue weighted by molar-refractivity contribution is 7.18. The standard InChI is InChI=1S/C11H11NO2S.C9H6N2O2S.C8H9NO2/c13-11(14)7-3-6-10-12-8-4-1-2-5-9(8)15-10;12-9(13)7-5-14-8(11-7)6-1-3-10-4-2-6;9-7-3-1-6(2-4-7)5-8(10)11/h1-2,4-5H,3,6-7H2,(H,13,14);1-5H,(H,12,13);1-4H,5,9H2,(H,10,11). The van der Waals surface area contributed by atoms with E-state index in [9.17, 15) is 14.4 Å². The van der Waals surface area contributed by atoms with E-state index in [1.807, 2.05) is 24.3 Å². The van der Waals surface area contributed by atoms with Gasteiger partial charge < -0.3 is 21.1 Å². The number of carbonyl (C=O) groups is 3.